The van der Waals surface area contributed by atoms with Crippen molar-refractivity contribution in [2.24, 2.45) is 5.92 Å². The number of hydrogen-bond acceptors (Lipinski definition) is 3. The van der Waals surface area contributed by atoms with Gasteiger partial charge in [0.1, 0.15) is 5.75 Å². The van der Waals surface area contributed by atoms with Crippen molar-refractivity contribution in [1.82, 2.24) is 5.32 Å². The smallest absolute Gasteiger partial charge is 0.319 e. The minimum absolute atomic E-state index is 0.148. The Bertz CT molecular complexity index is 730. The van der Waals surface area contributed by atoms with Crippen molar-refractivity contribution in [2.45, 2.75) is 19.8 Å². The number of methoxy groups -OCH3 is 1. The molecule has 1 saturated heterocycles. The van der Waals surface area contributed by atoms with Crippen molar-refractivity contribution >= 4 is 17.4 Å². The van der Waals surface area contributed by atoms with Gasteiger partial charge in [-0.1, -0.05) is 31.2 Å². The topological polar surface area (TPSA) is 53.6 Å². The van der Waals surface area contributed by atoms with Crippen LogP contribution in [0, 0.1) is 5.92 Å². The molecule has 0 aromatic heterocycles. The van der Waals surface area contributed by atoms with Gasteiger partial charge < -0.3 is 20.3 Å². The number of benzene rings is 2. The number of ether oxygens (including phenoxy) is 1. The number of nitrogens with one attached hydrogen (secondary N) is 2. The molecule has 5 nitrogen and oxygen atoms in total. The number of carbonyl (C=O) groups excluding carboxylic acids is 1. The van der Waals surface area contributed by atoms with Gasteiger partial charge in [-0.2, -0.15) is 0 Å². The number of amides is 2. The summed E-state index contributed by atoms with van der Waals surface area (Å²) < 4.78 is 5.45. The second-order valence-electron chi connectivity index (χ2n) is 6.66. The molecule has 1 aliphatic heterocycles. The van der Waals surface area contributed by atoms with Gasteiger partial charge in [0.05, 0.1) is 12.8 Å². The molecule has 2 N–H and O–H groups in total. The molecule has 0 radical (unpaired) electrons. The summed E-state index contributed by atoms with van der Waals surface area (Å²) in [5.41, 5.74) is 3.21. The Labute approximate surface area is 155 Å². The maximum Gasteiger partial charge on any atom is 0.319 e. The third-order valence-electron chi connectivity index (χ3n) is 4.88. The number of hydrogen-bond donors (Lipinski definition) is 2. The Balaban J connectivity index is 1.47. The average molecular weight is 353 g/mol. The van der Waals surface area contributed by atoms with Gasteiger partial charge in [-0.05, 0) is 48.6 Å². The molecule has 26 heavy (non-hydrogen) atoms. The molecule has 1 fully saturated rings. The Kier molecular flexibility index (Phi) is 6.00. The van der Waals surface area contributed by atoms with Crippen molar-refractivity contribution in [1.29, 1.82) is 0 Å². The summed E-state index contributed by atoms with van der Waals surface area (Å²) in [7, 11) is 1.70. The van der Waals surface area contributed by atoms with Gasteiger partial charge >= 0.3 is 6.03 Å². The van der Waals surface area contributed by atoms with E-state index in [0.717, 1.165) is 43.1 Å². The lowest BCUT2D eigenvalue weighted by Gasteiger charge is -2.21. The van der Waals surface area contributed by atoms with Crippen molar-refractivity contribution in [3.63, 3.8) is 0 Å². The first kappa shape index (κ1) is 18.1. The van der Waals surface area contributed by atoms with Gasteiger partial charge in [0, 0.05) is 25.3 Å². The van der Waals surface area contributed by atoms with E-state index >= 15 is 0 Å². The summed E-state index contributed by atoms with van der Waals surface area (Å²) in [5, 5.41) is 5.89. The molecule has 0 spiro atoms. The third kappa shape index (κ3) is 4.48. The van der Waals surface area contributed by atoms with Crippen molar-refractivity contribution in [3.8, 4) is 5.75 Å². The van der Waals surface area contributed by atoms with Crippen LogP contribution in [-0.2, 0) is 6.42 Å². The van der Waals surface area contributed by atoms with Crippen LogP contribution in [0.3, 0.4) is 0 Å². The summed E-state index contributed by atoms with van der Waals surface area (Å²) >= 11 is 0. The molecule has 1 heterocycles. The van der Waals surface area contributed by atoms with Gasteiger partial charge in [-0.15, -0.1) is 0 Å². The van der Waals surface area contributed by atoms with E-state index in [2.05, 4.69) is 28.5 Å². The Hall–Kier alpha value is -2.69. The van der Waals surface area contributed by atoms with Gasteiger partial charge in [-0.3, -0.25) is 0 Å². The minimum Gasteiger partial charge on any atom is -0.495 e. The lowest BCUT2D eigenvalue weighted by molar-refractivity contribution is 0.250. The normalized spacial score (nSPS) is 16.4. The van der Waals surface area contributed by atoms with Crippen LogP contribution in [0.1, 0.15) is 18.9 Å². The summed E-state index contributed by atoms with van der Waals surface area (Å²) in [4.78, 5) is 14.4. The number of urea groups is 1. The molecular formula is C21H27N3O2. The molecule has 0 aliphatic carbocycles. The summed E-state index contributed by atoms with van der Waals surface area (Å²) in [6.45, 7) is 4.69. The van der Waals surface area contributed by atoms with Crippen LogP contribution in [0.25, 0.3) is 0 Å². The van der Waals surface area contributed by atoms with Crippen LogP contribution < -0.4 is 20.3 Å². The third-order valence-corrected chi connectivity index (χ3v) is 4.88. The molecule has 1 unspecified atom stereocenters. The summed E-state index contributed by atoms with van der Waals surface area (Å²) in [6.07, 6.45) is 2.06. The molecule has 2 aromatic rings. The van der Waals surface area contributed by atoms with Crippen molar-refractivity contribution in [3.05, 3.63) is 54.1 Å². The van der Waals surface area contributed by atoms with E-state index in [4.69, 9.17) is 4.74 Å². The molecule has 2 amide bonds. The number of para-hydroxylation sites is 2. The Morgan fingerprint density at radius 2 is 1.96 bits per heavy atom. The molecule has 3 rings (SSSR count). The first-order valence-electron chi connectivity index (χ1n) is 9.21. The number of rotatable bonds is 6. The van der Waals surface area contributed by atoms with Crippen LogP contribution in [0.5, 0.6) is 5.75 Å². The molecule has 2 aromatic carbocycles. The summed E-state index contributed by atoms with van der Waals surface area (Å²) in [5.74, 6) is 1.34. The largest absolute Gasteiger partial charge is 0.495 e. The van der Waals surface area contributed by atoms with Crippen molar-refractivity contribution in [2.75, 3.05) is 37.0 Å². The monoisotopic (exact) mass is 353 g/mol. The predicted octanol–water partition coefficient (Wildman–Crippen LogP) is 3.91. The average Bonchev–Trinajstić information content (AvgIpc) is 3.16. The zero-order valence-corrected chi connectivity index (χ0v) is 15.5. The van der Waals surface area contributed by atoms with Crippen LogP contribution in [-0.4, -0.2) is 32.8 Å². The van der Waals surface area contributed by atoms with E-state index in [-0.39, 0.29) is 6.03 Å². The highest BCUT2D eigenvalue weighted by Crippen LogP contribution is 2.31. The quantitative estimate of drug-likeness (QED) is 0.828. The number of carbonyl (C=O) groups is 1. The van der Waals surface area contributed by atoms with Gasteiger partial charge in [-0.25, -0.2) is 4.79 Å². The van der Waals surface area contributed by atoms with E-state index in [1.165, 1.54) is 5.56 Å². The maximum atomic E-state index is 12.1. The first-order chi connectivity index (χ1) is 12.7. The zero-order valence-electron chi connectivity index (χ0n) is 15.5. The fourth-order valence-electron chi connectivity index (χ4n) is 3.35. The number of aryl methyl sites for hydroxylation is 1. The zero-order chi connectivity index (χ0) is 18.4. The summed E-state index contributed by atoms with van der Waals surface area (Å²) in [6, 6.07) is 15.9. The molecule has 1 aliphatic rings. The molecular weight excluding hydrogens is 326 g/mol. The second kappa shape index (κ2) is 8.61. The SMILES string of the molecule is CCc1ccc(NC(=O)NCC2CCN(c3ccccc3OC)C2)cc1. The fraction of sp³-hybridized carbons (Fsp3) is 0.381. The van der Waals surface area contributed by atoms with Crippen LogP contribution in [0.15, 0.2) is 48.5 Å². The van der Waals surface area contributed by atoms with E-state index in [1.807, 2.05) is 42.5 Å². The van der Waals surface area contributed by atoms with Gasteiger partial charge in [0.25, 0.3) is 0 Å². The molecule has 1 atom stereocenters. The number of anilines is 2. The lowest BCUT2D eigenvalue weighted by atomic mass is 10.1. The fourth-order valence-corrected chi connectivity index (χ4v) is 3.35. The van der Waals surface area contributed by atoms with Crippen LogP contribution >= 0.6 is 0 Å². The lowest BCUT2D eigenvalue weighted by Crippen LogP contribution is -2.34. The van der Waals surface area contributed by atoms with Gasteiger partial charge in [0.15, 0.2) is 0 Å². The second-order valence-corrected chi connectivity index (χ2v) is 6.66. The van der Waals surface area contributed by atoms with Crippen molar-refractivity contribution < 1.29 is 9.53 Å². The molecule has 5 heteroatoms. The van der Waals surface area contributed by atoms with Crippen LogP contribution in [0.2, 0.25) is 0 Å². The van der Waals surface area contributed by atoms with E-state index in [0.29, 0.717) is 12.5 Å². The van der Waals surface area contributed by atoms with E-state index in [9.17, 15) is 4.79 Å². The minimum atomic E-state index is -0.148. The first-order valence-corrected chi connectivity index (χ1v) is 9.21. The Morgan fingerprint density at radius 1 is 1.19 bits per heavy atom. The van der Waals surface area contributed by atoms with Gasteiger partial charge in [0.2, 0.25) is 0 Å². The van der Waals surface area contributed by atoms with E-state index < -0.39 is 0 Å². The van der Waals surface area contributed by atoms with Crippen LogP contribution in [0.4, 0.5) is 16.2 Å². The maximum absolute atomic E-state index is 12.1. The highest BCUT2D eigenvalue weighted by atomic mass is 16.5. The standard InChI is InChI=1S/C21H27N3O2/c1-3-16-8-10-18(11-9-16)23-21(25)22-14-17-12-13-24(15-17)19-6-4-5-7-20(19)26-2/h4-11,17H,3,12-15H2,1-2H3,(H2,22,23,25). The predicted molar refractivity (Wildman–Crippen MR) is 106 cm³/mol. The molecule has 138 valence electrons. The molecule has 0 bridgehead atoms. The Morgan fingerprint density at radius 3 is 2.69 bits per heavy atom. The van der Waals surface area contributed by atoms with E-state index in [1.54, 1.807) is 7.11 Å². The highest BCUT2D eigenvalue weighted by molar-refractivity contribution is 5.89. The highest BCUT2D eigenvalue weighted by Gasteiger charge is 2.24. The number of nitrogens with zero attached hydrogens (tertiary/aromatic N) is 1. The molecule has 0 saturated carbocycles.